The predicted molar refractivity (Wildman–Crippen MR) is 162 cm³/mol. The zero-order valence-corrected chi connectivity index (χ0v) is 26.4. The average Bonchev–Trinajstić information content (AvgIpc) is 3.40. The molecular weight excluding hydrogens is 544 g/mol. The number of carbonyl (C=O) groups excluding carboxylic acids is 1. The first kappa shape index (κ1) is 39.2. The van der Waals surface area contributed by atoms with Crippen LogP contribution in [0.3, 0.4) is 0 Å². The van der Waals surface area contributed by atoms with Crippen molar-refractivity contribution in [3.8, 4) is 0 Å². The van der Waals surface area contributed by atoms with Gasteiger partial charge < -0.3 is 43.7 Å². The van der Waals surface area contributed by atoms with Crippen molar-refractivity contribution < 1.29 is 48.5 Å². The van der Waals surface area contributed by atoms with Crippen LogP contribution in [0.15, 0.2) is 0 Å². The van der Waals surface area contributed by atoms with Crippen LogP contribution in [-0.4, -0.2) is 112 Å². The third-order valence-electron chi connectivity index (χ3n) is 7.51. The Morgan fingerprint density at radius 2 is 1.26 bits per heavy atom. The quantitative estimate of drug-likeness (QED) is 0.0773. The van der Waals surface area contributed by atoms with E-state index in [1.807, 2.05) is 0 Å². The number of unbranched alkanes of at least 4 members (excludes halogenated alkanes) is 14. The van der Waals surface area contributed by atoms with Gasteiger partial charge in [-0.05, 0) is 6.42 Å². The minimum atomic E-state index is -0.556. The summed E-state index contributed by atoms with van der Waals surface area (Å²) in [4.78, 5) is 12.1. The number of carbonyl (C=O) groups is 1. The van der Waals surface area contributed by atoms with Gasteiger partial charge in [0.2, 0.25) is 0 Å². The van der Waals surface area contributed by atoms with Gasteiger partial charge in [-0.1, -0.05) is 96.8 Å². The highest BCUT2D eigenvalue weighted by molar-refractivity contribution is 5.69. The Hall–Kier alpha value is -0.850. The maximum Gasteiger partial charge on any atom is 0.305 e. The van der Waals surface area contributed by atoms with Crippen LogP contribution in [0.4, 0.5) is 0 Å². The highest BCUT2D eigenvalue weighted by atomic mass is 16.6. The van der Waals surface area contributed by atoms with Crippen molar-refractivity contribution in [1.29, 1.82) is 0 Å². The number of aliphatic hydroxyl groups excluding tert-OH is 3. The van der Waals surface area contributed by atoms with E-state index in [1.165, 1.54) is 83.5 Å². The maximum atomic E-state index is 12.1. The molecule has 0 aromatic heterocycles. The highest BCUT2D eigenvalue weighted by Gasteiger charge is 2.44. The smallest absolute Gasteiger partial charge is 0.305 e. The molecule has 0 aromatic carbocycles. The van der Waals surface area contributed by atoms with Gasteiger partial charge >= 0.3 is 5.97 Å². The van der Waals surface area contributed by atoms with Gasteiger partial charge in [0.15, 0.2) is 0 Å². The van der Waals surface area contributed by atoms with Gasteiger partial charge in [-0.15, -0.1) is 0 Å². The Morgan fingerprint density at radius 1 is 0.714 bits per heavy atom. The number of hydrogen-bond acceptors (Lipinski definition) is 10. The molecule has 0 bridgehead atoms. The second-order valence-electron chi connectivity index (χ2n) is 11.1. The van der Waals surface area contributed by atoms with E-state index < -0.39 is 24.4 Å². The Labute approximate surface area is 254 Å². The topological polar surface area (TPSA) is 133 Å². The average molecular weight is 607 g/mol. The number of rotatable bonds is 31. The molecule has 0 saturated carbocycles. The highest BCUT2D eigenvalue weighted by Crippen LogP contribution is 2.25. The molecule has 1 fully saturated rings. The number of hydrogen-bond donors (Lipinski definition) is 3. The van der Waals surface area contributed by atoms with Crippen LogP contribution >= 0.6 is 0 Å². The Morgan fingerprint density at radius 3 is 1.83 bits per heavy atom. The van der Waals surface area contributed by atoms with Crippen LogP contribution in [0.5, 0.6) is 0 Å². The largest absolute Gasteiger partial charge is 0.463 e. The van der Waals surface area contributed by atoms with Crippen molar-refractivity contribution in [3.63, 3.8) is 0 Å². The van der Waals surface area contributed by atoms with E-state index in [9.17, 15) is 15.0 Å². The van der Waals surface area contributed by atoms with E-state index in [2.05, 4.69) is 6.92 Å². The lowest BCUT2D eigenvalue weighted by molar-refractivity contribution is -0.149. The summed E-state index contributed by atoms with van der Waals surface area (Å²) < 4.78 is 34.0. The molecule has 0 spiro atoms. The Kier molecular flexibility index (Phi) is 26.9. The third-order valence-corrected chi connectivity index (χ3v) is 7.51. The second kappa shape index (κ2) is 28.9. The van der Waals surface area contributed by atoms with Crippen LogP contribution in [0, 0.1) is 0 Å². The summed E-state index contributed by atoms with van der Waals surface area (Å²) in [6.45, 7) is 2.92. The van der Waals surface area contributed by atoms with Crippen LogP contribution < -0.4 is 0 Å². The lowest BCUT2D eigenvalue weighted by Crippen LogP contribution is -2.45. The van der Waals surface area contributed by atoms with Gasteiger partial charge in [-0.25, -0.2) is 0 Å². The first-order valence-corrected chi connectivity index (χ1v) is 16.7. The normalized spacial score (nSPS) is 19.4. The molecular formula is C32H62O10. The fourth-order valence-corrected chi connectivity index (χ4v) is 5.23. The standard InChI is InChI=1S/C32H62O10/c1-2-3-4-5-6-7-8-9-10-11-12-13-14-15-16-17-30(36)40-25-24-37-26-28(38-21-18-33)32-31(41-23-20-35)29(27-42-32)39-22-19-34/h28-29,31-35H,2-27H2,1H3/t28?,29?,31-,32?/m0/s1. The molecule has 10 nitrogen and oxygen atoms in total. The van der Waals surface area contributed by atoms with Crippen LogP contribution in [0.2, 0.25) is 0 Å². The molecule has 1 rings (SSSR count). The lowest BCUT2D eigenvalue weighted by atomic mass is 10.0. The minimum Gasteiger partial charge on any atom is -0.463 e. The van der Waals surface area contributed by atoms with E-state index in [0.717, 1.165) is 12.8 Å². The SMILES string of the molecule is CCCCCCCCCCCCCCCCCC(=O)OCCOCC(OCCO)C1OCC(OCCO)[C@@H]1OCCO. The number of ether oxygens (including phenoxy) is 6. The first-order chi connectivity index (χ1) is 20.7. The van der Waals surface area contributed by atoms with E-state index >= 15 is 0 Å². The fraction of sp³-hybridized carbons (Fsp3) is 0.969. The summed E-state index contributed by atoms with van der Waals surface area (Å²) >= 11 is 0. The molecule has 0 aromatic rings. The fourth-order valence-electron chi connectivity index (χ4n) is 5.23. The summed E-state index contributed by atoms with van der Waals surface area (Å²) in [5.74, 6) is -0.207. The van der Waals surface area contributed by atoms with Crippen LogP contribution in [0.1, 0.15) is 110 Å². The molecule has 3 N–H and O–H groups in total. The van der Waals surface area contributed by atoms with Crippen molar-refractivity contribution in [1.82, 2.24) is 0 Å². The Bertz CT molecular complexity index is 594. The number of esters is 1. The summed E-state index contributed by atoms with van der Waals surface area (Å²) in [5, 5.41) is 27.5. The third kappa shape index (κ3) is 20.2. The Balaban J connectivity index is 2.10. The van der Waals surface area contributed by atoms with E-state index in [-0.39, 0.29) is 72.0 Å². The molecule has 1 aliphatic heterocycles. The van der Waals surface area contributed by atoms with E-state index in [4.69, 9.17) is 33.5 Å². The van der Waals surface area contributed by atoms with Gasteiger partial charge in [-0.3, -0.25) is 4.79 Å². The minimum absolute atomic E-state index is 0.0943. The summed E-state index contributed by atoms with van der Waals surface area (Å²) in [6, 6.07) is 0. The van der Waals surface area contributed by atoms with E-state index in [0.29, 0.717) is 6.42 Å². The van der Waals surface area contributed by atoms with E-state index in [1.54, 1.807) is 0 Å². The van der Waals surface area contributed by atoms with Gasteiger partial charge in [0.05, 0.1) is 59.5 Å². The van der Waals surface area contributed by atoms with Gasteiger partial charge in [0.1, 0.15) is 31.0 Å². The molecule has 4 atom stereocenters. The predicted octanol–water partition coefficient (Wildman–Crippen LogP) is 4.34. The lowest BCUT2D eigenvalue weighted by Gasteiger charge is -2.29. The molecule has 0 radical (unpaired) electrons. The van der Waals surface area contributed by atoms with Gasteiger partial charge in [0.25, 0.3) is 0 Å². The summed E-state index contributed by atoms with van der Waals surface area (Å²) in [6.07, 6.45) is 17.7. The molecule has 10 heteroatoms. The molecule has 0 aliphatic carbocycles. The number of aliphatic hydroxyl groups is 3. The molecule has 0 amide bonds. The molecule has 42 heavy (non-hydrogen) atoms. The van der Waals surface area contributed by atoms with Crippen LogP contribution in [-0.2, 0) is 33.2 Å². The van der Waals surface area contributed by atoms with Crippen LogP contribution in [0.25, 0.3) is 0 Å². The second-order valence-corrected chi connectivity index (χ2v) is 11.1. The van der Waals surface area contributed by atoms with Crippen molar-refractivity contribution in [2.75, 3.05) is 66.1 Å². The summed E-state index contributed by atoms with van der Waals surface area (Å²) in [7, 11) is 0. The molecule has 250 valence electrons. The van der Waals surface area contributed by atoms with Gasteiger partial charge in [0, 0.05) is 6.42 Å². The van der Waals surface area contributed by atoms with Gasteiger partial charge in [-0.2, -0.15) is 0 Å². The zero-order valence-electron chi connectivity index (χ0n) is 26.4. The van der Waals surface area contributed by atoms with Crippen molar-refractivity contribution in [2.24, 2.45) is 0 Å². The first-order valence-electron chi connectivity index (χ1n) is 16.7. The van der Waals surface area contributed by atoms with Crippen molar-refractivity contribution in [2.45, 2.75) is 134 Å². The molecule has 3 unspecified atom stereocenters. The maximum absolute atomic E-state index is 12.1. The monoisotopic (exact) mass is 606 g/mol. The molecule has 1 aliphatic rings. The zero-order chi connectivity index (χ0) is 30.5. The molecule has 1 heterocycles. The molecule has 1 saturated heterocycles. The van der Waals surface area contributed by atoms with Crippen molar-refractivity contribution in [3.05, 3.63) is 0 Å². The summed E-state index contributed by atoms with van der Waals surface area (Å²) in [5.41, 5.74) is 0. The van der Waals surface area contributed by atoms with Crippen molar-refractivity contribution >= 4 is 5.97 Å².